The fraction of sp³-hybridized carbons (Fsp3) is 0. The first-order chi connectivity index (χ1) is 10.6. The molecular formula is C16H11Cl2N3O. The molecule has 3 rings (SSSR count). The number of nitrogens with zero attached hydrogens (tertiary/aromatic N) is 1. The van der Waals surface area contributed by atoms with Gasteiger partial charge in [0.05, 0.1) is 15.7 Å². The highest BCUT2D eigenvalue weighted by Crippen LogP contribution is 2.26. The molecule has 0 fully saturated rings. The Hall–Kier alpha value is -2.30. The van der Waals surface area contributed by atoms with Gasteiger partial charge >= 0.3 is 0 Å². The molecule has 22 heavy (non-hydrogen) atoms. The maximum atomic E-state index is 11.8. The first-order valence-corrected chi connectivity index (χ1v) is 7.26. The lowest BCUT2D eigenvalue weighted by atomic mass is 10.1. The van der Waals surface area contributed by atoms with Crippen LogP contribution in [0.15, 0.2) is 59.4 Å². The summed E-state index contributed by atoms with van der Waals surface area (Å²) in [7, 11) is 0. The largest absolute Gasteiger partial charge is 0.326 e. The van der Waals surface area contributed by atoms with Gasteiger partial charge in [0.2, 0.25) is 5.95 Å². The minimum Gasteiger partial charge on any atom is -0.326 e. The van der Waals surface area contributed by atoms with Crippen LogP contribution in [-0.4, -0.2) is 9.97 Å². The van der Waals surface area contributed by atoms with Crippen LogP contribution in [0.2, 0.25) is 10.0 Å². The van der Waals surface area contributed by atoms with Gasteiger partial charge in [0.1, 0.15) is 0 Å². The highest BCUT2D eigenvalue weighted by molar-refractivity contribution is 6.42. The number of hydrogen-bond donors (Lipinski definition) is 2. The number of rotatable bonds is 3. The average Bonchev–Trinajstić information content (AvgIpc) is 2.51. The molecule has 1 aromatic heterocycles. The quantitative estimate of drug-likeness (QED) is 0.743. The Morgan fingerprint density at radius 3 is 2.45 bits per heavy atom. The van der Waals surface area contributed by atoms with Crippen molar-refractivity contribution in [2.24, 2.45) is 0 Å². The predicted octanol–water partition coefficient (Wildman–Crippen LogP) is 4.49. The zero-order chi connectivity index (χ0) is 15.5. The Balaban J connectivity index is 1.96. The molecule has 0 unspecified atom stereocenters. The van der Waals surface area contributed by atoms with E-state index in [0.717, 1.165) is 5.56 Å². The SMILES string of the molecule is O=c1cc(-c2ccccc2)nc(Nc2ccc(Cl)c(Cl)c2)[nH]1. The van der Waals surface area contributed by atoms with E-state index in [9.17, 15) is 4.79 Å². The summed E-state index contributed by atoms with van der Waals surface area (Å²) >= 11 is 11.9. The lowest BCUT2D eigenvalue weighted by molar-refractivity contribution is 1.13. The smallest absolute Gasteiger partial charge is 0.252 e. The Labute approximate surface area is 136 Å². The zero-order valence-electron chi connectivity index (χ0n) is 11.3. The second-order valence-corrected chi connectivity index (χ2v) is 5.41. The number of hydrogen-bond acceptors (Lipinski definition) is 3. The molecule has 6 heteroatoms. The summed E-state index contributed by atoms with van der Waals surface area (Å²) in [6, 6.07) is 16.0. The number of nitrogens with one attached hydrogen (secondary N) is 2. The molecule has 4 nitrogen and oxygen atoms in total. The number of aromatic nitrogens is 2. The van der Waals surface area contributed by atoms with Crippen LogP contribution in [0, 0.1) is 0 Å². The molecule has 0 saturated heterocycles. The maximum Gasteiger partial charge on any atom is 0.252 e. The first-order valence-electron chi connectivity index (χ1n) is 6.51. The van der Waals surface area contributed by atoms with Crippen molar-refractivity contribution >= 4 is 34.8 Å². The molecule has 0 saturated carbocycles. The molecule has 110 valence electrons. The Bertz CT molecular complexity index is 863. The molecule has 0 radical (unpaired) electrons. The molecule has 0 amide bonds. The van der Waals surface area contributed by atoms with Gasteiger partial charge in [-0.1, -0.05) is 53.5 Å². The molecule has 0 atom stereocenters. The van der Waals surface area contributed by atoms with Crippen molar-refractivity contribution in [3.05, 3.63) is 75.0 Å². The molecule has 0 aliphatic carbocycles. The summed E-state index contributed by atoms with van der Waals surface area (Å²) in [4.78, 5) is 18.9. The van der Waals surface area contributed by atoms with E-state index >= 15 is 0 Å². The van der Waals surface area contributed by atoms with Crippen LogP contribution in [0.3, 0.4) is 0 Å². The van der Waals surface area contributed by atoms with E-state index in [1.807, 2.05) is 30.3 Å². The van der Waals surface area contributed by atoms with Crippen molar-refractivity contribution in [1.82, 2.24) is 9.97 Å². The number of H-pyrrole nitrogens is 1. The van der Waals surface area contributed by atoms with Gasteiger partial charge in [-0.15, -0.1) is 0 Å². The standard InChI is InChI=1S/C16H11Cl2N3O/c17-12-7-6-11(8-13(12)18)19-16-20-14(9-15(22)21-16)10-4-2-1-3-5-10/h1-9H,(H2,19,20,21,22). The molecule has 0 aliphatic heterocycles. The summed E-state index contributed by atoms with van der Waals surface area (Å²) in [6.45, 7) is 0. The van der Waals surface area contributed by atoms with Crippen molar-refractivity contribution in [1.29, 1.82) is 0 Å². The normalized spacial score (nSPS) is 10.5. The molecule has 0 aliphatic rings. The monoisotopic (exact) mass is 331 g/mol. The summed E-state index contributed by atoms with van der Waals surface area (Å²) < 4.78 is 0. The van der Waals surface area contributed by atoms with Gasteiger partial charge in [0, 0.05) is 17.3 Å². The summed E-state index contributed by atoms with van der Waals surface area (Å²) in [5.74, 6) is 0.338. The third kappa shape index (κ3) is 3.30. The molecular weight excluding hydrogens is 321 g/mol. The van der Waals surface area contributed by atoms with Crippen LogP contribution in [-0.2, 0) is 0 Å². The first kappa shape index (κ1) is 14.6. The topological polar surface area (TPSA) is 57.8 Å². The van der Waals surface area contributed by atoms with Crippen molar-refractivity contribution < 1.29 is 0 Å². The van der Waals surface area contributed by atoms with Gasteiger partial charge in [-0.3, -0.25) is 9.78 Å². The number of halogens is 2. The van der Waals surface area contributed by atoms with E-state index in [4.69, 9.17) is 23.2 Å². The van der Waals surface area contributed by atoms with E-state index in [2.05, 4.69) is 15.3 Å². The second-order valence-electron chi connectivity index (χ2n) is 4.60. The Morgan fingerprint density at radius 2 is 1.73 bits per heavy atom. The van der Waals surface area contributed by atoms with Crippen LogP contribution >= 0.6 is 23.2 Å². The Kier molecular flexibility index (Phi) is 4.13. The molecule has 2 N–H and O–H groups in total. The predicted molar refractivity (Wildman–Crippen MR) is 90.0 cm³/mol. The highest BCUT2D eigenvalue weighted by atomic mass is 35.5. The van der Waals surface area contributed by atoms with Crippen LogP contribution in [0.1, 0.15) is 0 Å². The van der Waals surface area contributed by atoms with Crippen LogP contribution in [0.25, 0.3) is 11.3 Å². The number of benzene rings is 2. The van der Waals surface area contributed by atoms with Crippen LogP contribution < -0.4 is 10.9 Å². The minimum absolute atomic E-state index is 0.239. The van der Waals surface area contributed by atoms with Crippen molar-refractivity contribution in [2.45, 2.75) is 0 Å². The fourth-order valence-corrected chi connectivity index (χ4v) is 2.28. The zero-order valence-corrected chi connectivity index (χ0v) is 12.8. The molecule has 1 heterocycles. The van der Waals surface area contributed by atoms with Crippen molar-refractivity contribution in [3.8, 4) is 11.3 Å². The number of aromatic amines is 1. The van der Waals surface area contributed by atoms with Crippen LogP contribution in [0.4, 0.5) is 11.6 Å². The lowest BCUT2D eigenvalue weighted by Crippen LogP contribution is -2.10. The molecule has 2 aromatic carbocycles. The van der Waals surface area contributed by atoms with Gasteiger partial charge in [0.25, 0.3) is 5.56 Å². The van der Waals surface area contributed by atoms with E-state index in [-0.39, 0.29) is 5.56 Å². The fourth-order valence-electron chi connectivity index (χ4n) is 1.98. The summed E-state index contributed by atoms with van der Waals surface area (Å²) in [5, 5.41) is 3.90. The molecule has 3 aromatic rings. The van der Waals surface area contributed by atoms with Gasteiger partial charge in [-0.2, -0.15) is 0 Å². The van der Waals surface area contributed by atoms with Crippen molar-refractivity contribution in [3.63, 3.8) is 0 Å². The van der Waals surface area contributed by atoms with E-state index < -0.39 is 0 Å². The van der Waals surface area contributed by atoms with E-state index in [1.165, 1.54) is 6.07 Å². The van der Waals surface area contributed by atoms with Gasteiger partial charge in [0.15, 0.2) is 0 Å². The second kappa shape index (κ2) is 6.22. The van der Waals surface area contributed by atoms with Crippen LogP contribution in [0.5, 0.6) is 0 Å². The summed E-state index contributed by atoms with van der Waals surface area (Å²) in [5.41, 5.74) is 1.90. The summed E-state index contributed by atoms with van der Waals surface area (Å²) in [6.07, 6.45) is 0. The molecule has 0 bridgehead atoms. The highest BCUT2D eigenvalue weighted by Gasteiger charge is 2.05. The van der Waals surface area contributed by atoms with Gasteiger partial charge in [-0.25, -0.2) is 4.98 Å². The van der Waals surface area contributed by atoms with E-state index in [0.29, 0.717) is 27.4 Å². The number of anilines is 2. The van der Waals surface area contributed by atoms with Crippen molar-refractivity contribution in [2.75, 3.05) is 5.32 Å². The van der Waals surface area contributed by atoms with Gasteiger partial charge in [-0.05, 0) is 18.2 Å². The van der Waals surface area contributed by atoms with Gasteiger partial charge < -0.3 is 5.32 Å². The maximum absolute atomic E-state index is 11.8. The lowest BCUT2D eigenvalue weighted by Gasteiger charge is -2.08. The third-order valence-corrected chi connectivity index (χ3v) is 3.73. The minimum atomic E-state index is -0.239. The van der Waals surface area contributed by atoms with E-state index in [1.54, 1.807) is 18.2 Å². The molecule has 0 spiro atoms. The Morgan fingerprint density at radius 1 is 0.955 bits per heavy atom. The average molecular weight is 332 g/mol. The third-order valence-electron chi connectivity index (χ3n) is 2.99.